The molecule has 11 heteroatoms. The molecular weight excluding hydrogens is 576 g/mol. The van der Waals surface area contributed by atoms with Crippen LogP contribution in [0.3, 0.4) is 0 Å². The highest BCUT2D eigenvalue weighted by Gasteiger charge is 2.43. The zero-order valence-corrected chi connectivity index (χ0v) is 23.5. The van der Waals surface area contributed by atoms with Gasteiger partial charge in [0, 0.05) is 47.1 Å². The summed E-state index contributed by atoms with van der Waals surface area (Å²) in [7, 11) is 0. The van der Waals surface area contributed by atoms with Crippen molar-refractivity contribution in [1.82, 2.24) is 19.5 Å². The van der Waals surface area contributed by atoms with Gasteiger partial charge in [-0.15, -0.1) is 0 Å². The second-order valence-electron chi connectivity index (χ2n) is 10.7. The van der Waals surface area contributed by atoms with E-state index in [9.17, 15) is 19.6 Å². The van der Waals surface area contributed by atoms with Crippen LogP contribution in [0.25, 0.3) is 22.3 Å². The number of fused-ring (bicyclic) bond motifs is 1. The summed E-state index contributed by atoms with van der Waals surface area (Å²) in [5.74, 6) is -1.44. The van der Waals surface area contributed by atoms with Gasteiger partial charge < -0.3 is 14.4 Å². The molecule has 0 aliphatic heterocycles. The van der Waals surface area contributed by atoms with Gasteiger partial charge in [-0.05, 0) is 60.9 Å². The van der Waals surface area contributed by atoms with E-state index in [1.807, 2.05) is 4.57 Å². The first-order valence-corrected chi connectivity index (χ1v) is 13.9. The van der Waals surface area contributed by atoms with Gasteiger partial charge >= 0.3 is 12.0 Å². The Balaban J connectivity index is 1.26. The van der Waals surface area contributed by atoms with Crippen LogP contribution in [0.15, 0.2) is 66.9 Å². The molecule has 2 aromatic heterocycles. The van der Waals surface area contributed by atoms with Gasteiger partial charge in [-0.25, -0.2) is 23.5 Å². The number of rotatable bonds is 10. The zero-order valence-electron chi connectivity index (χ0n) is 22.7. The monoisotopic (exact) mass is 599 g/mol. The minimum Gasteiger partial charge on any atom is -0.478 e. The van der Waals surface area contributed by atoms with Crippen LogP contribution in [0.4, 0.5) is 8.78 Å². The Labute approximate surface area is 250 Å². The lowest BCUT2D eigenvalue weighted by molar-refractivity contribution is 0.0697. The first kappa shape index (κ1) is 28.2. The second kappa shape index (κ2) is 11.4. The number of nitriles is 1. The molecule has 1 N–H and O–H groups in total. The summed E-state index contributed by atoms with van der Waals surface area (Å²) < 4.78 is 37.1. The number of nitrogens with zero attached hydrogens (tertiary/aromatic N) is 5. The summed E-state index contributed by atoms with van der Waals surface area (Å²) in [6.45, 7) is 0.392. The fourth-order valence-electron chi connectivity index (χ4n) is 5.06. The zero-order chi connectivity index (χ0) is 30.1. The quantitative estimate of drug-likeness (QED) is 0.184. The first-order valence-electron chi connectivity index (χ1n) is 13.5. The van der Waals surface area contributed by atoms with Gasteiger partial charge in [0.2, 0.25) is 0 Å². The molecule has 5 aromatic rings. The van der Waals surface area contributed by atoms with Gasteiger partial charge in [-0.2, -0.15) is 10.2 Å². The van der Waals surface area contributed by atoms with Gasteiger partial charge in [0.05, 0.1) is 28.4 Å². The fourth-order valence-corrected chi connectivity index (χ4v) is 5.22. The molecule has 0 atom stereocenters. The Kier molecular flexibility index (Phi) is 7.50. The predicted molar refractivity (Wildman–Crippen MR) is 155 cm³/mol. The van der Waals surface area contributed by atoms with Crippen molar-refractivity contribution in [2.24, 2.45) is 5.41 Å². The second-order valence-corrected chi connectivity index (χ2v) is 11.1. The number of carboxylic acid groups (broad SMARTS) is 1. The average Bonchev–Trinajstić information content (AvgIpc) is 3.67. The summed E-state index contributed by atoms with van der Waals surface area (Å²) in [4.78, 5) is 24.8. The summed E-state index contributed by atoms with van der Waals surface area (Å²) in [6.07, 6.45) is 3.80. The molecule has 0 radical (unpaired) electrons. The van der Waals surface area contributed by atoms with Gasteiger partial charge in [0.25, 0.3) is 0 Å². The smallest absolute Gasteiger partial charge is 0.335 e. The third-order valence-corrected chi connectivity index (χ3v) is 7.92. The van der Waals surface area contributed by atoms with E-state index < -0.39 is 17.6 Å². The molecular formula is C32H24ClF2N5O3. The average molecular weight is 600 g/mol. The fraction of sp³-hybridized carbons (Fsp3) is 0.219. The molecule has 1 fully saturated rings. The van der Waals surface area contributed by atoms with Crippen LogP contribution in [-0.4, -0.2) is 30.6 Å². The molecule has 1 aliphatic carbocycles. The number of aromatic nitrogens is 4. The highest BCUT2D eigenvalue weighted by atomic mass is 35.5. The molecule has 1 aliphatic rings. The number of benzene rings is 3. The van der Waals surface area contributed by atoms with Crippen molar-refractivity contribution in [3.8, 4) is 23.3 Å². The highest BCUT2D eigenvalue weighted by molar-refractivity contribution is 6.30. The van der Waals surface area contributed by atoms with Crippen LogP contribution in [0.1, 0.15) is 46.6 Å². The van der Waals surface area contributed by atoms with E-state index in [1.54, 1.807) is 36.4 Å². The third kappa shape index (κ3) is 6.03. The van der Waals surface area contributed by atoms with Crippen LogP contribution >= 0.6 is 11.6 Å². The van der Waals surface area contributed by atoms with E-state index in [2.05, 4.69) is 16.0 Å². The van der Waals surface area contributed by atoms with E-state index >= 15 is 4.39 Å². The maximum Gasteiger partial charge on any atom is 0.335 e. The largest absolute Gasteiger partial charge is 0.478 e. The van der Waals surface area contributed by atoms with Crippen LogP contribution in [-0.2, 0) is 19.6 Å². The molecule has 43 heavy (non-hydrogen) atoms. The molecule has 0 unspecified atom stereocenters. The molecule has 0 saturated heterocycles. The van der Waals surface area contributed by atoms with Crippen molar-refractivity contribution in [2.75, 3.05) is 0 Å². The van der Waals surface area contributed by atoms with E-state index in [0.29, 0.717) is 52.2 Å². The van der Waals surface area contributed by atoms with E-state index in [4.69, 9.17) is 21.3 Å². The minimum absolute atomic E-state index is 0.0113. The number of carbonyl (C=O) groups is 1. The van der Waals surface area contributed by atoms with Crippen LogP contribution in [0.2, 0.25) is 5.02 Å². The van der Waals surface area contributed by atoms with Crippen LogP contribution < -0.4 is 4.74 Å². The Morgan fingerprint density at radius 1 is 1.05 bits per heavy atom. The maximum atomic E-state index is 15.5. The number of aromatic carboxylic acids is 1. The summed E-state index contributed by atoms with van der Waals surface area (Å²) in [6, 6.07) is 17.6. The molecule has 8 nitrogen and oxygen atoms in total. The van der Waals surface area contributed by atoms with Crippen molar-refractivity contribution in [3.63, 3.8) is 0 Å². The molecule has 0 spiro atoms. The Morgan fingerprint density at radius 2 is 1.84 bits per heavy atom. The lowest BCUT2D eigenvalue weighted by Gasteiger charge is -2.16. The number of halogens is 3. The van der Waals surface area contributed by atoms with E-state index in [1.165, 1.54) is 30.5 Å². The van der Waals surface area contributed by atoms with Gasteiger partial charge in [0.1, 0.15) is 24.1 Å². The first-order chi connectivity index (χ1) is 20.7. The van der Waals surface area contributed by atoms with Crippen molar-refractivity contribution in [3.05, 3.63) is 106 Å². The van der Waals surface area contributed by atoms with Crippen LogP contribution in [0.5, 0.6) is 6.01 Å². The predicted octanol–water partition coefficient (Wildman–Crippen LogP) is 6.99. The van der Waals surface area contributed by atoms with Gasteiger partial charge in [0.15, 0.2) is 0 Å². The number of imidazole rings is 1. The molecule has 0 bridgehead atoms. The number of hydrogen-bond donors (Lipinski definition) is 1. The number of carboxylic acids is 1. The lowest BCUT2D eigenvalue weighted by atomic mass is 10.0. The molecule has 2 heterocycles. The Hall–Kier alpha value is -4.88. The number of ether oxygens (including phenoxy) is 1. The Bertz CT molecular complexity index is 1920. The molecule has 0 amide bonds. The minimum atomic E-state index is -1.05. The SMILES string of the molecule is N#CCC1(Cn2c(Cc3ccc(-c4ccnc(OCc5ccc(Cl)cc5F)n4)cc3F)nc3ccc(C(=O)O)cc32)CC1. The maximum absolute atomic E-state index is 15.5. The van der Waals surface area contributed by atoms with Crippen molar-refractivity contribution in [2.45, 2.75) is 38.8 Å². The van der Waals surface area contributed by atoms with Crippen molar-refractivity contribution in [1.29, 1.82) is 5.26 Å². The third-order valence-electron chi connectivity index (χ3n) is 7.68. The number of hydrogen-bond acceptors (Lipinski definition) is 6. The highest BCUT2D eigenvalue weighted by Crippen LogP contribution is 2.50. The van der Waals surface area contributed by atoms with Crippen molar-refractivity contribution >= 4 is 28.6 Å². The van der Waals surface area contributed by atoms with Crippen LogP contribution in [0, 0.1) is 28.4 Å². The lowest BCUT2D eigenvalue weighted by Crippen LogP contribution is -2.14. The topological polar surface area (TPSA) is 114 Å². The standard InChI is InChI=1S/C32H24ClF2N5O3/c33-23-5-3-22(25(35)16-23)17-43-31-37-12-7-26(39-31)20-2-1-19(24(34)13-20)15-29-38-27-6-4-21(30(41)42)14-28(27)40(29)18-32(8-9-32)10-11-36/h1-7,12-14,16H,8-10,15,17-18H2,(H,41,42). The van der Waals surface area contributed by atoms with Gasteiger partial charge in [-0.3, -0.25) is 0 Å². The molecule has 216 valence electrons. The van der Waals surface area contributed by atoms with E-state index in [-0.39, 0.29) is 35.0 Å². The molecule has 1 saturated carbocycles. The summed E-state index contributed by atoms with van der Waals surface area (Å²) in [5, 5.41) is 19.1. The summed E-state index contributed by atoms with van der Waals surface area (Å²) in [5.41, 5.74) is 2.80. The van der Waals surface area contributed by atoms with E-state index in [0.717, 1.165) is 12.8 Å². The Morgan fingerprint density at radius 3 is 2.56 bits per heavy atom. The molecule has 6 rings (SSSR count). The molecule has 3 aromatic carbocycles. The van der Waals surface area contributed by atoms with Gasteiger partial charge in [-0.1, -0.05) is 29.8 Å². The van der Waals surface area contributed by atoms with Crippen molar-refractivity contribution < 1.29 is 23.4 Å². The normalized spacial score (nSPS) is 13.5. The summed E-state index contributed by atoms with van der Waals surface area (Å²) >= 11 is 5.80.